The zero-order chi connectivity index (χ0) is 15.0. The molecule has 0 atom stereocenters. The summed E-state index contributed by atoms with van der Waals surface area (Å²) in [6, 6.07) is 9.87. The third kappa shape index (κ3) is 2.43. The maximum Gasteiger partial charge on any atom is 0.180 e. The van der Waals surface area contributed by atoms with Crippen molar-refractivity contribution in [1.29, 1.82) is 0 Å². The summed E-state index contributed by atoms with van der Waals surface area (Å²) >= 11 is 5.65. The van der Waals surface area contributed by atoms with Crippen molar-refractivity contribution in [2.45, 2.75) is 0 Å². The number of benzene rings is 2. The maximum atomic E-state index is 13.4. The highest BCUT2D eigenvalue weighted by Crippen LogP contribution is 2.31. The van der Waals surface area contributed by atoms with E-state index in [1.54, 1.807) is 18.2 Å². The molecule has 0 radical (unpaired) electrons. The van der Waals surface area contributed by atoms with Crippen molar-refractivity contribution in [3.63, 3.8) is 0 Å². The number of carbonyl (C=O) groups excluding carboxylic acids is 1. The van der Waals surface area contributed by atoms with Gasteiger partial charge in [0.15, 0.2) is 5.78 Å². The predicted octanol–water partition coefficient (Wildman–Crippen LogP) is 4.53. The molecule has 3 aromatic rings. The molecule has 0 aliphatic carbocycles. The number of H-pyrrole nitrogens is 1. The number of halogens is 3. The third-order valence-corrected chi connectivity index (χ3v) is 3.54. The number of rotatable bonds is 3. The fourth-order valence-corrected chi connectivity index (χ4v) is 2.49. The molecule has 0 unspecified atom stereocenters. The van der Waals surface area contributed by atoms with E-state index in [-0.39, 0.29) is 17.5 Å². The van der Waals surface area contributed by atoms with E-state index in [0.29, 0.717) is 27.7 Å². The van der Waals surface area contributed by atoms with E-state index in [1.165, 1.54) is 24.3 Å². The zero-order valence-corrected chi connectivity index (χ0v) is 11.5. The van der Waals surface area contributed by atoms with Crippen molar-refractivity contribution in [2.75, 3.05) is 5.88 Å². The first-order valence-electron chi connectivity index (χ1n) is 6.26. The molecule has 0 saturated heterocycles. The Bertz CT molecular complexity index is 824. The van der Waals surface area contributed by atoms with Crippen molar-refractivity contribution in [3.8, 4) is 11.3 Å². The van der Waals surface area contributed by atoms with Gasteiger partial charge in [0.1, 0.15) is 11.6 Å². The summed E-state index contributed by atoms with van der Waals surface area (Å²) in [5.41, 5.74) is 2.11. The summed E-state index contributed by atoms with van der Waals surface area (Å²) in [5, 5.41) is 0.472. The highest BCUT2D eigenvalue weighted by atomic mass is 35.5. The minimum atomic E-state index is -0.434. The van der Waals surface area contributed by atoms with Crippen LogP contribution in [0.1, 0.15) is 10.4 Å². The molecule has 1 N–H and O–H groups in total. The van der Waals surface area contributed by atoms with Crippen LogP contribution in [0.4, 0.5) is 8.78 Å². The number of aromatic nitrogens is 1. The largest absolute Gasteiger partial charge is 0.354 e. The van der Waals surface area contributed by atoms with E-state index >= 15 is 0 Å². The molecule has 5 heteroatoms. The summed E-state index contributed by atoms with van der Waals surface area (Å²) in [6.07, 6.45) is 0. The summed E-state index contributed by atoms with van der Waals surface area (Å²) in [7, 11) is 0. The van der Waals surface area contributed by atoms with E-state index < -0.39 is 5.82 Å². The minimum Gasteiger partial charge on any atom is -0.354 e. The molecule has 21 heavy (non-hydrogen) atoms. The number of carbonyl (C=O) groups is 1. The highest BCUT2D eigenvalue weighted by Gasteiger charge is 2.19. The first kappa shape index (κ1) is 13.8. The second-order valence-electron chi connectivity index (χ2n) is 4.63. The van der Waals surface area contributed by atoms with E-state index in [1.807, 2.05) is 0 Å². The van der Waals surface area contributed by atoms with Crippen LogP contribution in [-0.4, -0.2) is 16.6 Å². The Hall–Kier alpha value is -2.20. The number of Topliss-reactive ketones (excluding diaryl/α,β-unsaturated/α-hetero) is 1. The molecule has 0 aliphatic rings. The van der Waals surface area contributed by atoms with Crippen LogP contribution in [0.3, 0.4) is 0 Å². The van der Waals surface area contributed by atoms with Gasteiger partial charge in [-0.25, -0.2) is 8.78 Å². The highest BCUT2D eigenvalue weighted by molar-refractivity contribution is 6.33. The van der Waals surface area contributed by atoms with E-state index in [9.17, 15) is 13.6 Å². The van der Waals surface area contributed by atoms with Crippen molar-refractivity contribution >= 4 is 28.3 Å². The van der Waals surface area contributed by atoms with Gasteiger partial charge in [-0.05, 0) is 48.0 Å². The molecule has 0 bridgehead atoms. The molecule has 0 fully saturated rings. The van der Waals surface area contributed by atoms with Crippen LogP contribution in [0.2, 0.25) is 0 Å². The number of alkyl halides is 1. The van der Waals surface area contributed by atoms with Crippen molar-refractivity contribution in [1.82, 2.24) is 4.98 Å². The van der Waals surface area contributed by atoms with Crippen LogP contribution in [0.25, 0.3) is 22.2 Å². The van der Waals surface area contributed by atoms with E-state index in [2.05, 4.69) is 4.98 Å². The number of hydrogen-bond donors (Lipinski definition) is 1. The Labute approximate surface area is 124 Å². The second-order valence-corrected chi connectivity index (χ2v) is 4.90. The smallest absolute Gasteiger partial charge is 0.180 e. The fourth-order valence-electron chi connectivity index (χ4n) is 2.35. The Morgan fingerprint density at radius 3 is 2.38 bits per heavy atom. The number of ketones is 1. The fraction of sp³-hybridized carbons (Fsp3) is 0.0625. The van der Waals surface area contributed by atoms with Gasteiger partial charge in [-0.3, -0.25) is 4.79 Å². The normalized spacial score (nSPS) is 11.0. The van der Waals surface area contributed by atoms with Crippen LogP contribution in [0, 0.1) is 11.6 Å². The van der Waals surface area contributed by atoms with Crippen LogP contribution >= 0.6 is 11.6 Å². The SMILES string of the molecule is O=C(CCl)c1c(-c2ccc(F)cc2)[nH]c2ccc(F)cc12. The molecule has 0 saturated carbocycles. The van der Waals surface area contributed by atoms with Gasteiger partial charge in [0.2, 0.25) is 0 Å². The molecule has 0 amide bonds. The molecule has 1 heterocycles. The van der Waals surface area contributed by atoms with Crippen LogP contribution in [0.5, 0.6) is 0 Å². The van der Waals surface area contributed by atoms with Gasteiger partial charge in [0, 0.05) is 10.9 Å². The third-order valence-electron chi connectivity index (χ3n) is 3.29. The number of nitrogens with one attached hydrogen (secondary N) is 1. The van der Waals surface area contributed by atoms with Gasteiger partial charge < -0.3 is 4.98 Å². The van der Waals surface area contributed by atoms with Gasteiger partial charge in [-0.15, -0.1) is 11.6 Å². The predicted molar refractivity (Wildman–Crippen MR) is 78.7 cm³/mol. The minimum absolute atomic E-state index is 0.211. The molecule has 0 aliphatic heterocycles. The summed E-state index contributed by atoms with van der Waals surface area (Å²) in [6.45, 7) is 0. The molecule has 0 spiro atoms. The lowest BCUT2D eigenvalue weighted by Crippen LogP contribution is -2.01. The summed E-state index contributed by atoms with van der Waals surface area (Å²) in [4.78, 5) is 15.2. The molecular weight excluding hydrogens is 296 g/mol. The lowest BCUT2D eigenvalue weighted by molar-refractivity contribution is 0.102. The molecule has 3 rings (SSSR count). The van der Waals surface area contributed by atoms with Crippen LogP contribution in [-0.2, 0) is 0 Å². The topological polar surface area (TPSA) is 32.9 Å². The average molecular weight is 306 g/mol. The Morgan fingerprint density at radius 2 is 1.71 bits per heavy atom. The van der Waals surface area contributed by atoms with Crippen molar-refractivity contribution < 1.29 is 13.6 Å². The lowest BCUT2D eigenvalue weighted by atomic mass is 10.0. The molecule has 106 valence electrons. The van der Waals surface area contributed by atoms with E-state index in [4.69, 9.17) is 11.6 Å². The lowest BCUT2D eigenvalue weighted by Gasteiger charge is -2.03. The first-order chi connectivity index (χ1) is 10.1. The number of fused-ring (bicyclic) bond motifs is 1. The van der Waals surface area contributed by atoms with Crippen LogP contribution in [0.15, 0.2) is 42.5 Å². The van der Waals surface area contributed by atoms with Crippen molar-refractivity contribution in [2.24, 2.45) is 0 Å². The number of aromatic amines is 1. The Morgan fingerprint density at radius 1 is 1.05 bits per heavy atom. The standard InChI is InChI=1S/C16H10ClF2NO/c17-8-14(21)15-12-7-11(19)5-6-13(12)20-16(15)9-1-3-10(18)4-2-9/h1-7,20H,8H2. The van der Waals surface area contributed by atoms with Gasteiger partial charge in [-0.2, -0.15) is 0 Å². The molecule has 2 aromatic carbocycles. The maximum absolute atomic E-state index is 13.4. The monoisotopic (exact) mass is 305 g/mol. The average Bonchev–Trinajstić information content (AvgIpc) is 2.85. The van der Waals surface area contributed by atoms with Gasteiger partial charge in [0.25, 0.3) is 0 Å². The Kier molecular flexibility index (Phi) is 3.47. The van der Waals surface area contributed by atoms with Gasteiger partial charge >= 0.3 is 0 Å². The quantitative estimate of drug-likeness (QED) is 0.559. The zero-order valence-electron chi connectivity index (χ0n) is 10.8. The van der Waals surface area contributed by atoms with E-state index in [0.717, 1.165) is 0 Å². The van der Waals surface area contributed by atoms with Gasteiger partial charge in [-0.1, -0.05) is 0 Å². The summed E-state index contributed by atoms with van der Waals surface area (Å²) < 4.78 is 26.5. The second kappa shape index (κ2) is 5.30. The van der Waals surface area contributed by atoms with Crippen LogP contribution < -0.4 is 0 Å². The molecule has 1 aromatic heterocycles. The molecule has 2 nitrogen and oxygen atoms in total. The Balaban J connectivity index is 2.30. The summed E-state index contributed by atoms with van der Waals surface area (Å²) in [5.74, 6) is -1.33. The van der Waals surface area contributed by atoms with Crippen molar-refractivity contribution in [3.05, 3.63) is 59.7 Å². The van der Waals surface area contributed by atoms with Gasteiger partial charge in [0.05, 0.1) is 17.1 Å². The first-order valence-corrected chi connectivity index (χ1v) is 6.80. The molecular formula is C16H10ClF2NO. The number of hydrogen-bond acceptors (Lipinski definition) is 1.